The van der Waals surface area contributed by atoms with E-state index in [-0.39, 0.29) is 16.9 Å². The van der Waals surface area contributed by atoms with Crippen molar-refractivity contribution in [2.24, 2.45) is 0 Å². The second-order valence-corrected chi connectivity index (χ2v) is 2.81. The molecule has 6 nitrogen and oxygen atoms in total. The van der Waals surface area contributed by atoms with Crippen LogP contribution < -0.4 is 4.74 Å². The van der Waals surface area contributed by atoms with Gasteiger partial charge in [-0.25, -0.2) is 9.59 Å². The van der Waals surface area contributed by atoms with Gasteiger partial charge in [-0.05, 0) is 18.2 Å². The van der Waals surface area contributed by atoms with Crippen LogP contribution in [0.4, 0.5) is 0 Å². The summed E-state index contributed by atoms with van der Waals surface area (Å²) in [5, 5.41) is 25.8. The van der Waals surface area contributed by atoms with Gasteiger partial charge < -0.3 is 14.9 Å². The number of aliphatic carboxylic acids is 1. The maximum absolute atomic E-state index is 10.6. The molecule has 1 aromatic carbocycles. The third kappa shape index (κ3) is 2.72. The Hall–Kier alpha value is -2.55. The summed E-state index contributed by atoms with van der Waals surface area (Å²) in [4.78, 5) is 20.8. The van der Waals surface area contributed by atoms with Gasteiger partial charge in [-0.1, -0.05) is 0 Å². The first-order chi connectivity index (χ1) is 7.54. The van der Waals surface area contributed by atoms with Crippen LogP contribution in [0.5, 0.6) is 5.75 Å². The fourth-order valence-electron chi connectivity index (χ4n) is 1.02. The van der Waals surface area contributed by atoms with E-state index in [1.807, 2.05) is 0 Å². The predicted octanol–water partition coefficient (Wildman–Crippen LogP) is 0.720. The number of hydrogen-bond donors (Lipinski definition) is 2. The fraction of sp³-hybridized carbons (Fsp3) is 0.100. The van der Waals surface area contributed by atoms with Crippen LogP contribution in [-0.2, 0) is 4.79 Å². The van der Waals surface area contributed by atoms with Gasteiger partial charge in [0.2, 0.25) is 0 Å². The molecule has 0 saturated carbocycles. The minimum Gasteiger partial charge on any atom is -0.481 e. The number of ether oxygens (including phenoxy) is 1. The first-order valence-corrected chi connectivity index (χ1v) is 4.16. The Balaban J connectivity index is 2.99. The number of carboxylic acid groups (broad SMARTS) is 2. The van der Waals surface area contributed by atoms with Crippen LogP contribution in [0.3, 0.4) is 0 Å². The fourth-order valence-corrected chi connectivity index (χ4v) is 1.02. The van der Waals surface area contributed by atoms with Gasteiger partial charge in [-0.3, -0.25) is 0 Å². The van der Waals surface area contributed by atoms with Crippen LogP contribution in [0.25, 0.3) is 0 Å². The van der Waals surface area contributed by atoms with Crippen molar-refractivity contribution < 1.29 is 24.5 Å². The van der Waals surface area contributed by atoms with Gasteiger partial charge in [-0.15, -0.1) is 0 Å². The van der Waals surface area contributed by atoms with E-state index in [9.17, 15) is 9.59 Å². The average molecular weight is 221 g/mol. The van der Waals surface area contributed by atoms with Crippen molar-refractivity contribution in [3.05, 3.63) is 29.3 Å². The second-order valence-electron chi connectivity index (χ2n) is 2.81. The van der Waals surface area contributed by atoms with E-state index >= 15 is 0 Å². The van der Waals surface area contributed by atoms with Crippen molar-refractivity contribution in [1.82, 2.24) is 0 Å². The minimum atomic E-state index is -1.17. The largest absolute Gasteiger partial charge is 0.481 e. The number of rotatable bonds is 4. The summed E-state index contributed by atoms with van der Waals surface area (Å²) in [5.74, 6) is -2.29. The SMILES string of the molecule is N#Cc1cc(C(=O)O)ccc1OCC(=O)O. The first-order valence-electron chi connectivity index (χ1n) is 4.16. The van der Waals surface area contributed by atoms with E-state index in [2.05, 4.69) is 0 Å². The lowest BCUT2D eigenvalue weighted by molar-refractivity contribution is -0.139. The Bertz CT molecular complexity index is 475. The molecule has 0 aliphatic carbocycles. The molecule has 6 heteroatoms. The zero-order valence-electron chi connectivity index (χ0n) is 8.01. The molecule has 0 spiro atoms. The normalized spacial score (nSPS) is 9.19. The van der Waals surface area contributed by atoms with Gasteiger partial charge in [0.15, 0.2) is 6.61 Å². The Morgan fingerprint density at radius 1 is 1.38 bits per heavy atom. The highest BCUT2D eigenvalue weighted by Crippen LogP contribution is 2.19. The number of aromatic carboxylic acids is 1. The Kier molecular flexibility index (Phi) is 3.45. The number of hydrogen-bond acceptors (Lipinski definition) is 4. The smallest absolute Gasteiger partial charge is 0.341 e. The Morgan fingerprint density at radius 3 is 2.56 bits per heavy atom. The van der Waals surface area contributed by atoms with Gasteiger partial charge in [0, 0.05) is 0 Å². The Labute approximate surface area is 90.3 Å². The van der Waals surface area contributed by atoms with Gasteiger partial charge in [0.05, 0.1) is 11.1 Å². The summed E-state index contributed by atoms with van der Waals surface area (Å²) in [6.45, 7) is -0.582. The molecule has 2 N–H and O–H groups in total. The molecule has 0 heterocycles. The summed E-state index contributed by atoms with van der Waals surface area (Å²) in [5.41, 5.74) is -0.0691. The highest BCUT2D eigenvalue weighted by molar-refractivity contribution is 5.88. The van der Waals surface area contributed by atoms with E-state index < -0.39 is 18.5 Å². The van der Waals surface area contributed by atoms with Crippen LogP contribution in [0.2, 0.25) is 0 Å². The van der Waals surface area contributed by atoms with Gasteiger partial charge in [0.1, 0.15) is 11.8 Å². The first kappa shape index (κ1) is 11.5. The molecular formula is C10H7NO5. The minimum absolute atomic E-state index is 0.0128. The molecule has 0 aliphatic heterocycles. The van der Waals surface area contributed by atoms with E-state index in [1.165, 1.54) is 12.1 Å². The lowest BCUT2D eigenvalue weighted by Crippen LogP contribution is -2.10. The molecule has 0 amide bonds. The van der Waals surface area contributed by atoms with Crippen molar-refractivity contribution >= 4 is 11.9 Å². The van der Waals surface area contributed by atoms with Crippen LogP contribution in [0.15, 0.2) is 18.2 Å². The molecule has 16 heavy (non-hydrogen) atoms. The monoisotopic (exact) mass is 221 g/mol. The molecule has 0 aliphatic rings. The molecule has 0 atom stereocenters. The quantitative estimate of drug-likeness (QED) is 0.775. The van der Waals surface area contributed by atoms with E-state index in [0.717, 1.165) is 6.07 Å². The standard InChI is InChI=1S/C10H7NO5/c11-4-7-3-6(10(14)15)1-2-8(7)16-5-9(12)13/h1-3H,5H2,(H,12,13)(H,14,15). The van der Waals surface area contributed by atoms with Gasteiger partial charge in [0.25, 0.3) is 0 Å². The zero-order chi connectivity index (χ0) is 12.1. The second kappa shape index (κ2) is 4.79. The molecule has 0 saturated heterocycles. The average Bonchev–Trinajstić information content (AvgIpc) is 2.25. The zero-order valence-corrected chi connectivity index (χ0v) is 8.01. The lowest BCUT2D eigenvalue weighted by atomic mass is 10.1. The molecule has 0 bridgehead atoms. The number of nitrogens with zero attached hydrogens (tertiary/aromatic N) is 1. The maximum Gasteiger partial charge on any atom is 0.341 e. The van der Waals surface area contributed by atoms with Gasteiger partial charge >= 0.3 is 11.9 Å². The molecule has 0 unspecified atom stereocenters. The van der Waals surface area contributed by atoms with Crippen molar-refractivity contribution in [1.29, 1.82) is 5.26 Å². The van der Waals surface area contributed by atoms with Crippen LogP contribution in [0.1, 0.15) is 15.9 Å². The van der Waals surface area contributed by atoms with Crippen molar-refractivity contribution in [3.63, 3.8) is 0 Å². The molecule has 0 radical (unpaired) electrons. The molecule has 0 aromatic heterocycles. The highest BCUT2D eigenvalue weighted by Gasteiger charge is 2.10. The number of carbonyl (C=O) groups is 2. The van der Waals surface area contributed by atoms with Crippen molar-refractivity contribution in [3.8, 4) is 11.8 Å². The summed E-state index contributed by atoms with van der Waals surface area (Å²) < 4.78 is 4.81. The van der Waals surface area contributed by atoms with Gasteiger partial charge in [-0.2, -0.15) is 5.26 Å². The Morgan fingerprint density at radius 2 is 2.06 bits per heavy atom. The summed E-state index contributed by atoms with van der Waals surface area (Å²) >= 11 is 0. The van der Waals surface area contributed by atoms with E-state index in [1.54, 1.807) is 6.07 Å². The topological polar surface area (TPSA) is 108 Å². The lowest BCUT2D eigenvalue weighted by Gasteiger charge is -2.05. The van der Waals surface area contributed by atoms with E-state index in [4.69, 9.17) is 20.2 Å². The molecule has 1 rings (SSSR count). The highest BCUT2D eigenvalue weighted by atomic mass is 16.5. The molecule has 1 aromatic rings. The third-order valence-electron chi connectivity index (χ3n) is 1.70. The molecule has 0 fully saturated rings. The van der Waals surface area contributed by atoms with Crippen LogP contribution in [0, 0.1) is 11.3 Å². The van der Waals surface area contributed by atoms with Crippen molar-refractivity contribution in [2.75, 3.05) is 6.61 Å². The molecule has 82 valence electrons. The number of carboxylic acids is 2. The van der Waals surface area contributed by atoms with Crippen LogP contribution in [-0.4, -0.2) is 28.8 Å². The van der Waals surface area contributed by atoms with Crippen molar-refractivity contribution in [2.45, 2.75) is 0 Å². The summed E-state index contributed by atoms with van der Waals surface area (Å²) in [7, 11) is 0. The number of benzene rings is 1. The maximum atomic E-state index is 10.6. The summed E-state index contributed by atoms with van der Waals surface area (Å²) in [6.07, 6.45) is 0. The molecular weight excluding hydrogens is 214 g/mol. The van der Waals surface area contributed by atoms with Crippen LogP contribution >= 0.6 is 0 Å². The summed E-state index contributed by atoms with van der Waals surface area (Å²) in [6, 6.07) is 5.35. The number of nitriles is 1. The predicted molar refractivity (Wildman–Crippen MR) is 51.2 cm³/mol. The third-order valence-corrected chi connectivity index (χ3v) is 1.70. The van der Waals surface area contributed by atoms with E-state index in [0.29, 0.717) is 0 Å².